The first-order valence-electron chi connectivity index (χ1n) is 8.17. The van der Waals surface area contributed by atoms with Crippen LogP contribution in [0.15, 0.2) is 23.9 Å². The summed E-state index contributed by atoms with van der Waals surface area (Å²) in [4.78, 5) is 22.9. The van der Waals surface area contributed by atoms with Gasteiger partial charge in [0.2, 0.25) is 5.91 Å². The van der Waals surface area contributed by atoms with Crippen LogP contribution in [0.3, 0.4) is 0 Å². The highest BCUT2D eigenvalue weighted by Crippen LogP contribution is 2.31. The van der Waals surface area contributed by atoms with Crippen molar-refractivity contribution in [2.45, 2.75) is 60.8 Å². The van der Waals surface area contributed by atoms with Crippen LogP contribution in [0.1, 0.15) is 60.8 Å². The Labute approximate surface area is 134 Å². The lowest BCUT2D eigenvalue weighted by Gasteiger charge is -2.16. The summed E-state index contributed by atoms with van der Waals surface area (Å²) in [6, 6.07) is 0. The third kappa shape index (κ3) is 7.86. The van der Waals surface area contributed by atoms with E-state index in [1.54, 1.807) is 0 Å². The maximum absolute atomic E-state index is 11.9. The van der Waals surface area contributed by atoms with Gasteiger partial charge in [-0.3, -0.25) is 20.4 Å². The van der Waals surface area contributed by atoms with Gasteiger partial charge >= 0.3 is 5.97 Å². The zero-order valence-electron chi connectivity index (χ0n) is 14.8. The second-order valence-electron chi connectivity index (χ2n) is 4.34. The monoisotopic (exact) mass is 312 g/mol. The summed E-state index contributed by atoms with van der Waals surface area (Å²) in [7, 11) is 0. The van der Waals surface area contributed by atoms with Crippen LogP contribution < -0.4 is 10.9 Å². The Balaban J connectivity index is 0. The molecule has 1 amide bonds. The smallest absolute Gasteiger partial charge is 0.307 e. The van der Waals surface area contributed by atoms with Gasteiger partial charge in [0.1, 0.15) is 0 Å². The van der Waals surface area contributed by atoms with Crippen molar-refractivity contribution < 1.29 is 14.7 Å². The number of hydrazine groups is 1. The quantitative estimate of drug-likeness (QED) is 0.535. The molecule has 22 heavy (non-hydrogen) atoms. The van der Waals surface area contributed by atoms with Gasteiger partial charge in [-0.2, -0.15) is 0 Å². The maximum Gasteiger partial charge on any atom is 0.307 e. The zero-order valence-corrected chi connectivity index (χ0v) is 14.8. The molecule has 2 unspecified atom stereocenters. The fraction of sp³-hybridized carbons (Fsp3) is 0.647. The van der Waals surface area contributed by atoms with Gasteiger partial charge in [0, 0.05) is 5.70 Å². The molecule has 0 radical (unpaired) electrons. The normalized spacial score (nSPS) is 20.4. The van der Waals surface area contributed by atoms with E-state index >= 15 is 0 Å². The van der Waals surface area contributed by atoms with E-state index in [-0.39, 0.29) is 5.91 Å². The van der Waals surface area contributed by atoms with Crippen molar-refractivity contribution in [2.24, 2.45) is 11.8 Å². The zero-order chi connectivity index (χ0) is 17.5. The van der Waals surface area contributed by atoms with Crippen LogP contribution in [0.25, 0.3) is 0 Å². The van der Waals surface area contributed by atoms with Gasteiger partial charge in [0.05, 0.1) is 11.8 Å². The van der Waals surface area contributed by atoms with Gasteiger partial charge in [-0.15, -0.1) is 0 Å². The molecule has 3 N–H and O–H groups in total. The standard InChI is InChI=1S/C13H20N2O3.2C2H6/c1-3-6-9(4-2)14-15-12(16)10-7-5-8-11(10)13(17)18;2*1-2/h3-4,6,10-11,14H,5,7-8H2,1-2H3,(H,15,16)(H,17,18);2*1-2H3/b6-3-,9-4+;;. The summed E-state index contributed by atoms with van der Waals surface area (Å²) in [5, 5.41) is 9.02. The van der Waals surface area contributed by atoms with Crippen LogP contribution in [0.5, 0.6) is 0 Å². The first kappa shape index (κ1) is 22.5. The molecule has 5 nitrogen and oxygen atoms in total. The number of carboxylic acids is 1. The van der Waals surface area contributed by atoms with Gasteiger partial charge in [-0.25, -0.2) is 0 Å². The second-order valence-corrected chi connectivity index (χ2v) is 4.34. The Bertz CT molecular complexity index is 376. The molecule has 0 heterocycles. The molecule has 0 spiro atoms. The van der Waals surface area contributed by atoms with E-state index in [4.69, 9.17) is 5.11 Å². The van der Waals surface area contributed by atoms with Gasteiger partial charge in [-0.05, 0) is 32.8 Å². The number of nitrogens with one attached hydrogen (secondary N) is 2. The minimum absolute atomic E-state index is 0.247. The summed E-state index contributed by atoms with van der Waals surface area (Å²) in [6.07, 6.45) is 7.51. The van der Waals surface area contributed by atoms with E-state index in [1.165, 1.54) is 0 Å². The van der Waals surface area contributed by atoms with E-state index in [9.17, 15) is 9.59 Å². The van der Waals surface area contributed by atoms with Crippen molar-refractivity contribution in [2.75, 3.05) is 0 Å². The van der Waals surface area contributed by atoms with Crippen LogP contribution in [-0.4, -0.2) is 17.0 Å². The average Bonchev–Trinajstić information content (AvgIpc) is 3.05. The SMILES string of the molecule is C/C=C\C(=C/C)NNC(=O)C1CCCC1C(=O)O.CC.CC. The Morgan fingerprint density at radius 2 is 1.55 bits per heavy atom. The molecule has 1 fully saturated rings. The summed E-state index contributed by atoms with van der Waals surface area (Å²) < 4.78 is 0. The summed E-state index contributed by atoms with van der Waals surface area (Å²) in [5.41, 5.74) is 6.14. The first-order chi connectivity index (χ1) is 10.6. The Morgan fingerprint density at radius 3 is 2.00 bits per heavy atom. The topological polar surface area (TPSA) is 78.4 Å². The predicted octanol–water partition coefficient (Wildman–Crippen LogP) is 3.64. The number of hydrogen-bond acceptors (Lipinski definition) is 3. The number of carbonyl (C=O) groups is 2. The lowest BCUT2D eigenvalue weighted by atomic mass is 9.96. The highest BCUT2D eigenvalue weighted by molar-refractivity contribution is 5.85. The van der Waals surface area contributed by atoms with Gasteiger partial charge in [0.15, 0.2) is 0 Å². The van der Waals surface area contributed by atoms with Crippen LogP contribution >= 0.6 is 0 Å². The van der Waals surface area contributed by atoms with Crippen molar-refractivity contribution in [3.05, 3.63) is 23.9 Å². The molecular formula is C17H32N2O3. The average molecular weight is 312 g/mol. The number of allylic oxidation sites excluding steroid dienone is 3. The summed E-state index contributed by atoms with van der Waals surface area (Å²) >= 11 is 0. The predicted molar refractivity (Wildman–Crippen MR) is 91.0 cm³/mol. The number of carboxylic acid groups (broad SMARTS) is 1. The number of hydrogen-bond donors (Lipinski definition) is 3. The largest absolute Gasteiger partial charge is 0.481 e. The fourth-order valence-corrected chi connectivity index (χ4v) is 2.19. The number of carbonyl (C=O) groups excluding carboxylic acids is 1. The molecule has 1 rings (SSSR count). The van der Waals surface area contributed by atoms with Gasteiger partial charge < -0.3 is 5.11 Å². The molecule has 1 aliphatic rings. The van der Waals surface area contributed by atoms with Crippen LogP contribution in [0.4, 0.5) is 0 Å². The molecule has 128 valence electrons. The lowest BCUT2D eigenvalue weighted by Crippen LogP contribution is -2.42. The lowest BCUT2D eigenvalue weighted by molar-refractivity contribution is -0.146. The second kappa shape index (κ2) is 14.2. The van der Waals surface area contributed by atoms with Crippen molar-refractivity contribution in [1.29, 1.82) is 0 Å². The molecule has 0 bridgehead atoms. The van der Waals surface area contributed by atoms with Gasteiger partial charge in [-0.1, -0.05) is 46.3 Å². The number of amides is 1. The Hall–Kier alpha value is -1.78. The summed E-state index contributed by atoms with van der Waals surface area (Å²) in [5.74, 6) is -2.11. The van der Waals surface area contributed by atoms with Gasteiger partial charge in [0.25, 0.3) is 0 Å². The van der Waals surface area contributed by atoms with Crippen molar-refractivity contribution in [3.63, 3.8) is 0 Å². The molecule has 0 aliphatic heterocycles. The molecule has 0 aromatic carbocycles. The third-order valence-corrected chi connectivity index (χ3v) is 3.16. The number of rotatable bonds is 5. The van der Waals surface area contributed by atoms with E-state index in [2.05, 4.69) is 10.9 Å². The van der Waals surface area contributed by atoms with Crippen molar-refractivity contribution in [1.82, 2.24) is 10.9 Å². The first-order valence-corrected chi connectivity index (χ1v) is 8.17. The minimum atomic E-state index is -0.882. The molecule has 0 aromatic heterocycles. The molecule has 0 aromatic rings. The fourth-order valence-electron chi connectivity index (χ4n) is 2.19. The maximum atomic E-state index is 11.9. The van der Waals surface area contributed by atoms with E-state index in [0.717, 1.165) is 12.1 Å². The van der Waals surface area contributed by atoms with Crippen LogP contribution in [0, 0.1) is 11.8 Å². The summed E-state index contributed by atoms with van der Waals surface area (Å²) in [6.45, 7) is 11.7. The Kier molecular flexibility index (Phi) is 14.5. The van der Waals surface area contributed by atoms with Crippen LogP contribution in [0.2, 0.25) is 0 Å². The van der Waals surface area contributed by atoms with E-state index in [1.807, 2.05) is 59.8 Å². The molecule has 1 saturated carbocycles. The van der Waals surface area contributed by atoms with Crippen LogP contribution in [-0.2, 0) is 9.59 Å². The highest BCUT2D eigenvalue weighted by Gasteiger charge is 2.37. The molecule has 0 saturated heterocycles. The van der Waals surface area contributed by atoms with Crippen molar-refractivity contribution >= 4 is 11.9 Å². The molecule has 1 aliphatic carbocycles. The minimum Gasteiger partial charge on any atom is -0.481 e. The third-order valence-electron chi connectivity index (χ3n) is 3.16. The number of aliphatic carboxylic acids is 1. The van der Waals surface area contributed by atoms with E-state index < -0.39 is 17.8 Å². The highest BCUT2D eigenvalue weighted by atomic mass is 16.4. The molecular weight excluding hydrogens is 280 g/mol. The van der Waals surface area contributed by atoms with E-state index in [0.29, 0.717) is 12.8 Å². The Morgan fingerprint density at radius 1 is 1.00 bits per heavy atom. The molecule has 2 atom stereocenters. The van der Waals surface area contributed by atoms with Crippen molar-refractivity contribution in [3.8, 4) is 0 Å². The molecule has 5 heteroatoms.